The van der Waals surface area contributed by atoms with Crippen LogP contribution in [0, 0.1) is 0 Å². The molecule has 0 unspecified atom stereocenters. The molecule has 0 spiro atoms. The quantitative estimate of drug-likeness (QED) is 0.147. The number of hydrogen-bond acceptors (Lipinski definition) is 2. The lowest BCUT2D eigenvalue weighted by molar-refractivity contribution is 0.590. The summed E-state index contributed by atoms with van der Waals surface area (Å²) >= 11 is 0. The van der Waals surface area contributed by atoms with Gasteiger partial charge in [0.05, 0.1) is 33.4 Å². The number of anilines is 6. The minimum atomic E-state index is -0.487. The number of fused-ring (bicyclic) bond motifs is 7. The molecule has 0 saturated carbocycles. The van der Waals surface area contributed by atoms with E-state index in [4.69, 9.17) is 2.74 Å². The minimum Gasteiger partial charge on any atom is -0.310 e. The summed E-state index contributed by atoms with van der Waals surface area (Å²) in [5, 5.41) is 0.0525. The van der Waals surface area contributed by atoms with Crippen LogP contribution in [0.4, 0.5) is 34.1 Å². The maximum atomic E-state index is 9.79. The van der Waals surface area contributed by atoms with Crippen LogP contribution in [0.15, 0.2) is 230 Å². The zero-order valence-electron chi connectivity index (χ0n) is 66.2. The van der Waals surface area contributed by atoms with E-state index in [1.807, 2.05) is 6.07 Å². The highest BCUT2D eigenvalue weighted by atomic mass is 15.2. The minimum absolute atomic E-state index is 0.0263. The molecule has 0 saturated heterocycles. The molecular formula is C90H92BN3. The molecule has 11 aromatic carbocycles. The van der Waals surface area contributed by atoms with Gasteiger partial charge >= 0.3 is 0 Å². The highest BCUT2D eigenvalue weighted by molar-refractivity contribution is 7.00. The molecule has 0 aliphatic carbocycles. The lowest BCUT2D eigenvalue weighted by Gasteiger charge is -2.46. The summed E-state index contributed by atoms with van der Waals surface area (Å²) in [6.07, 6.45) is 0. The third-order valence-corrected chi connectivity index (χ3v) is 19.8. The summed E-state index contributed by atoms with van der Waals surface area (Å²) in [6.45, 7) is 40.3. The molecule has 2 aliphatic heterocycles. The Labute approximate surface area is 572 Å². The molecule has 4 heteroatoms. The van der Waals surface area contributed by atoms with E-state index >= 15 is 0 Å². The Kier molecular flexibility index (Phi) is 12.6. The molecule has 12 aromatic rings. The molecule has 0 amide bonds. The maximum absolute atomic E-state index is 9.79. The van der Waals surface area contributed by atoms with Gasteiger partial charge in [-0.25, -0.2) is 0 Å². The molecule has 0 bridgehead atoms. The second-order valence-corrected chi connectivity index (χ2v) is 32.5. The number of hydrogen-bond donors (Lipinski definition) is 0. The van der Waals surface area contributed by atoms with Crippen LogP contribution >= 0.6 is 0 Å². The second-order valence-electron chi connectivity index (χ2n) is 32.5. The Morgan fingerprint density at radius 1 is 0.298 bits per heavy atom. The van der Waals surface area contributed by atoms with E-state index in [9.17, 15) is 8.22 Å². The third kappa shape index (κ3) is 10.8. The van der Waals surface area contributed by atoms with E-state index < -0.39 is 36.3 Å². The van der Waals surface area contributed by atoms with Gasteiger partial charge in [0.25, 0.3) is 6.71 Å². The molecule has 14 rings (SSSR count). The number of benzene rings is 11. The van der Waals surface area contributed by atoms with Crippen LogP contribution in [0.2, 0.25) is 0 Å². The highest BCUT2D eigenvalue weighted by Crippen LogP contribution is 2.54. The average Bonchev–Trinajstić information content (AvgIpc) is 1.57. The highest BCUT2D eigenvalue weighted by Gasteiger charge is 2.46. The second kappa shape index (κ2) is 22.3. The topological polar surface area (TPSA) is 11.4 Å². The molecule has 3 nitrogen and oxygen atoms in total. The summed E-state index contributed by atoms with van der Waals surface area (Å²) in [6, 6.07) is 64.7. The monoisotopic (exact) mass is 1230 g/mol. The fourth-order valence-corrected chi connectivity index (χ4v) is 14.3. The van der Waals surface area contributed by atoms with E-state index in [-0.39, 0.29) is 73.1 Å². The molecule has 2 aliphatic rings. The van der Waals surface area contributed by atoms with Crippen LogP contribution in [0.1, 0.15) is 169 Å². The summed E-state index contributed by atoms with van der Waals surface area (Å²) in [5.74, 6) is 0. The fourth-order valence-electron chi connectivity index (χ4n) is 14.3. The van der Waals surface area contributed by atoms with Gasteiger partial charge < -0.3 is 14.4 Å². The molecule has 0 radical (unpaired) electrons. The van der Waals surface area contributed by atoms with Gasteiger partial charge in [0, 0.05) is 61.5 Å². The van der Waals surface area contributed by atoms with Crippen LogP contribution in [-0.2, 0) is 32.5 Å². The van der Waals surface area contributed by atoms with Crippen LogP contribution in [0.3, 0.4) is 0 Å². The zero-order chi connectivity index (χ0) is 73.3. The van der Waals surface area contributed by atoms with Gasteiger partial charge in [0.2, 0.25) is 0 Å². The van der Waals surface area contributed by atoms with E-state index in [0.29, 0.717) is 5.69 Å². The van der Waals surface area contributed by atoms with Gasteiger partial charge in [-0.1, -0.05) is 313 Å². The van der Waals surface area contributed by atoms with E-state index in [1.165, 1.54) is 27.8 Å². The normalized spacial score (nSPS) is 14.8. The number of para-hydroxylation sites is 4. The van der Waals surface area contributed by atoms with Gasteiger partial charge in [-0.2, -0.15) is 0 Å². The Hall–Kier alpha value is -9.12. The smallest absolute Gasteiger partial charge is 0.252 e. The van der Waals surface area contributed by atoms with Gasteiger partial charge in [-0.15, -0.1) is 0 Å². The van der Waals surface area contributed by atoms with Crippen molar-refractivity contribution in [3.8, 4) is 50.2 Å². The van der Waals surface area contributed by atoms with Gasteiger partial charge in [0.1, 0.15) is 0 Å². The predicted molar refractivity (Wildman–Crippen MR) is 409 cm³/mol. The van der Waals surface area contributed by atoms with E-state index in [2.05, 4.69) is 310 Å². The Balaban J connectivity index is 1.19. The Morgan fingerprint density at radius 2 is 0.638 bits per heavy atom. The van der Waals surface area contributed by atoms with Crippen molar-refractivity contribution < 1.29 is 11.0 Å². The molecule has 94 heavy (non-hydrogen) atoms. The van der Waals surface area contributed by atoms with Crippen molar-refractivity contribution in [1.29, 1.82) is 0 Å². The maximum Gasteiger partial charge on any atom is 0.252 e. The molecular weight excluding hydrogens is 1130 g/mol. The van der Waals surface area contributed by atoms with Gasteiger partial charge in [-0.3, -0.25) is 0 Å². The first-order valence-electron chi connectivity index (χ1n) is 37.5. The summed E-state index contributed by atoms with van der Waals surface area (Å²) in [5.41, 5.74) is 23.9. The first kappa shape index (κ1) is 53.3. The van der Waals surface area contributed by atoms with Crippen molar-refractivity contribution in [3.05, 3.63) is 264 Å². The Bertz CT molecular complexity index is 5190. The first-order valence-corrected chi connectivity index (χ1v) is 33.5. The Morgan fingerprint density at radius 3 is 1.00 bits per heavy atom. The van der Waals surface area contributed by atoms with Crippen molar-refractivity contribution in [2.75, 3.05) is 9.80 Å². The number of aromatic nitrogens is 1. The summed E-state index contributed by atoms with van der Waals surface area (Å²) in [4.78, 5) is 5.06. The largest absolute Gasteiger partial charge is 0.310 e. The molecule has 0 atom stereocenters. The molecule has 1 aromatic heterocycles. The van der Waals surface area contributed by atoms with E-state index in [0.717, 1.165) is 101 Å². The SMILES string of the molecule is [2H]c1c([2H])c([2H])c2c(c1[2H])c1c([2H])c([2H])c([2H])c([2H])c1n2-c1ccc2c(c1)N(c1c(-c3ccc(C(C)(C)C)cc3)cccc1-c1ccc(C(C)(C)C)cc1)c1cc(C(C)(C)C)cc3c1B2c1cc(C(C)(C)C)ccc1N3c1c(-c2ccc(C(C)(C)C)cc2)cccc1-c1ccc(C(C)(C)C)cc1. The van der Waals surface area contributed by atoms with Crippen LogP contribution in [-0.4, -0.2) is 11.3 Å². The van der Waals surface area contributed by atoms with Gasteiger partial charge in [-0.05, 0) is 147 Å². The lowest BCUT2D eigenvalue weighted by atomic mass is 9.33. The zero-order valence-corrected chi connectivity index (χ0v) is 58.2. The van der Waals surface area contributed by atoms with Crippen LogP contribution in [0.5, 0.6) is 0 Å². The summed E-state index contributed by atoms with van der Waals surface area (Å²) < 4.78 is 76.8. The predicted octanol–water partition coefficient (Wildman–Crippen LogP) is 23.3. The first-order chi connectivity index (χ1) is 47.7. The molecule has 0 N–H and O–H groups in total. The molecule has 0 fully saturated rings. The van der Waals surface area contributed by atoms with Crippen molar-refractivity contribution in [2.45, 2.75) is 157 Å². The molecule has 470 valence electrons. The number of nitrogens with zero attached hydrogens (tertiary/aromatic N) is 3. The standard InChI is InChI=1S/C90H92BN3/c1-85(2,3)61-41-33-57(34-42-61)68-27-23-28-69(58-35-43-62(44-36-58)86(4,5)6)83(68)93-78-52-49-65(89(13,14)15)53-75(78)91-74-51-50-67(92-76-31-21-19-25-72(76)73-26-20-22-32-77(73)92)56-79(74)94(81-55-66(90(16,17)18)54-80(93)82(81)91)84-70(59-37-45-63(46-38-59)87(7,8)9)29-24-30-71(84)60-39-47-64(48-40-60)88(10,11)12/h19-56H,1-18H3/i19D,20D,21D,22D,25D,26D,31D,32D. The van der Waals surface area contributed by atoms with Crippen molar-refractivity contribution >= 4 is 79.0 Å². The third-order valence-electron chi connectivity index (χ3n) is 19.8. The summed E-state index contributed by atoms with van der Waals surface area (Å²) in [7, 11) is 0. The molecule has 3 heterocycles. The van der Waals surface area contributed by atoms with Gasteiger partial charge in [0.15, 0.2) is 0 Å². The number of rotatable bonds is 7. The van der Waals surface area contributed by atoms with Crippen molar-refractivity contribution in [3.63, 3.8) is 0 Å². The van der Waals surface area contributed by atoms with E-state index in [1.54, 1.807) is 4.57 Å². The average molecular weight is 1230 g/mol. The fraction of sp³-hybridized carbons (Fsp3) is 0.267. The lowest BCUT2D eigenvalue weighted by Crippen LogP contribution is -2.61. The van der Waals surface area contributed by atoms with Crippen molar-refractivity contribution in [1.82, 2.24) is 4.57 Å². The van der Waals surface area contributed by atoms with Crippen molar-refractivity contribution in [2.24, 2.45) is 0 Å². The van der Waals surface area contributed by atoms with Crippen LogP contribution < -0.4 is 26.2 Å². The van der Waals surface area contributed by atoms with Crippen LogP contribution in [0.25, 0.3) is 72.0 Å².